The number of hydrogen-bond donors (Lipinski definition) is 1. The number of hydrogen-bond acceptors (Lipinski definition) is 3. The van der Waals surface area contributed by atoms with E-state index in [1.807, 2.05) is 0 Å². The lowest BCUT2D eigenvalue weighted by atomic mass is 9.92. The van der Waals surface area contributed by atoms with E-state index in [4.69, 9.17) is 10.2 Å². The van der Waals surface area contributed by atoms with Crippen LogP contribution < -0.4 is 5.32 Å². The predicted octanol–water partition coefficient (Wildman–Crippen LogP) is 5.00. The Hall–Kier alpha value is -2.08. The summed E-state index contributed by atoms with van der Waals surface area (Å²) in [4.78, 5) is 4.88. The number of nitrogens with zero attached hydrogens (tertiary/aromatic N) is 2. The van der Waals surface area contributed by atoms with E-state index >= 15 is 0 Å². The maximum atomic E-state index is 8.56. The zero-order chi connectivity index (χ0) is 15.9. The van der Waals surface area contributed by atoms with Gasteiger partial charge in [-0.3, -0.25) is 4.98 Å². The molecule has 0 radical (unpaired) electrons. The van der Waals surface area contributed by atoms with Crippen molar-refractivity contribution < 1.29 is 0 Å². The first kappa shape index (κ1) is 15.8. The van der Waals surface area contributed by atoms with E-state index < -0.39 is 0 Å². The number of benzene rings is 1. The maximum Gasteiger partial charge on any atom is 0.0726 e. The molecule has 1 heterocycles. The Bertz CT molecular complexity index is 700. The summed E-state index contributed by atoms with van der Waals surface area (Å²) in [7, 11) is 0. The number of fused-ring (bicyclic) bond motifs is 2. The fraction of sp³-hybridized carbons (Fsp3) is 0.500. The first-order valence-electron chi connectivity index (χ1n) is 8.91. The standard InChI is InChI=1S/C20H25N3/c21-14-8-2-1-3-9-15-22-20-16-10-4-6-12-18(16)23-19-13-7-5-11-17(19)20/h4,6,10,12H,1-3,5,7-9,11,13,15H2,(H,22,23). The van der Waals surface area contributed by atoms with Gasteiger partial charge in [0.25, 0.3) is 0 Å². The number of nitriles is 1. The van der Waals surface area contributed by atoms with Gasteiger partial charge in [-0.2, -0.15) is 5.26 Å². The van der Waals surface area contributed by atoms with Crippen molar-refractivity contribution in [3.8, 4) is 6.07 Å². The third-order valence-corrected chi connectivity index (χ3v) is 4.69. The Labute approximate surface area is 138 Å². The zero-order valence-corrected chi connectivity index (χ0v) is 13.8. The van der Waals surface area contributed by atoms with Crippen molar-refractivity contribution in [2.24, 2.45) is 0 Å². The minimum absolute atomic E-state index is 0.690. The molecule has 120 valence electrons. The van der Waals surface area contributed by atoms with Crippen LogP contribution in [0.15, 0.2) is 24.3 Å². The summed E-state index contributed by atoms with van der Waals surface area (Å²) in [6, 6.07) is 10.7. The second-order valence-corrected chi connectivity index (χ2v) is 6.39. The average molecular weight is 307 g/mol. The summed E-state index contributed by atoms with van der Waals surface area (Å²) < 4.78 is 0. The van der Waals surface area contributed by atoms with Gasteiger partial charge in [-0.05, 0) is 50.2 Å². The van der Waals surface area contributed by atoms with E-state index in [1.54, 1.807) is 0 Å². The van der Waals surface area contributed by atoms with Crippen LogP contribution in [0.3, 0.4) is 0 Å². The van der Waals surface area contributed by atoms with Crippen LogP contribution >= 0.6 is 0 Å². The predicted molar refractivity (Wildman–Crippen MR) is 95.6 cm³/mol. The number of pyridine rings is 1. The highest BCUT2D eigenvalue weighted by Gasteiger charge is 2.17. The molecule has 1 aromatic carbocycles. The highest BCUT2D eigenvalue weighted by molar-refractivity contribution is 5.93. The topological polar surface area (TPSA) is 48.7 Å². The van der Waals surface area contributed by atoms with Crippen molar-refractivity contribution in [1.82, 2.24) is 4.98 Å². The number of aromatic nitrogens is 1. The summed E-state index contributed by atoms with van der Waals surface area (Å²) in [5.41, 5.74) is 5.18. The molecular weight excluding hydrogens is 282 g/mol. The van der Waals surface area contributed by atoms with Crippen molar-refractivity contribution in [1.29, 1.82) is 5.26 Å². The first-order chi connectivity index (χ1) is 11.4. The average Bonchev–Trinajstić information content (AvgIpc) is 2.60. The Morgan fingerprint density at radius 1 is 1.04 bits per heavy atom. The third-order valence-electron chi connectivity index (χ3n) is 4.69. The number of aryl methyl sites for hydroxylation is 1. The van der Waals surface area contributed by atoms with Gasteiger partial charge in [-0.1, -0.05) is 31.0 Å². The van der Waals surface area contributed by atoms with Crippen molar-refractivity contribution in [2.45, 2.75) is 57.8 Å². The molecule has 1 aromatic heterocycles. The lowest BCUT2D eigenvalue weighted by molar-refractivity contribution is 0.659. The van der Waals surface area contributed by atoms with Gasteiger partial charge in [0.1, 0.15) is 0 Å². The minimum atomic E-state index is 0.690. The van der Waals surface area contributed by atoms with Crippen LogP contribution in [0.25, 0.3) is 10.9 Å². The summed E-state index contributed by atoms with van der Waals surface area (Å²) in [6.07, 6.45) is 10.0. The van der Waals surface area contributed by atoms with E-state index in [9.17, 15) is 0 Å². The number of anilines is 1. The molecule has 3 rings (SSSR count). The van der Waals surface area contributed by atoms with Gasteiger partial charge in [0.05, 0.1) is 11.6 Å². The molecule has 2 aromatic rings. The van der Waals surface area contributed by atoms with Gasteiger partial charge >= 0.3 is 0 Å². The Morgan fingerprint density at radius 2 is 1.87 bits per heavy atom. The monoisotopic (exact) mass is 307 g/mol. The van der Waals surface area contributed by atoms with Crippen molar-refractivity contribution in [3.05, 3.63) is 35.5 Å². The Balaban J connectivity index is 1.70. The maximum absolute atomic E-state index is 8.56. The molecule has 1 N–H and O–H groups in total. The number of para-hydroxylation sites is 1. The fourth-order valence-electron chi connectivity index (χ4n) is 3.47. The zero-order valence-electron chi connectivity index (χ0n) is 13.8. The molecule has 3 heteroatoms. The van der Waals surface area contributed by atoms with Gasteiger partial charge in [0.2, 0.25) is 0 Å². The molecule has 0 spiro atoms. The van der Waals surface area contributed by atoms with Gasteiger partial charge < -0.3 is 5.32 Å². The molecule has 0 bridgehead atoms. The van der Waals surface area contributed by atoms with Crippen LogP contribution in [-0.2, 0) is 12.8 Å². The van der Waals surface area contributed by atoms with E-state index in [0.717, 1.165) is 44.2 Å². The van der Waals surface area contributed by atoms with Crippen LogP contribution in [0.4, 0.5) is 5.69 Å². The molecule has 0 aliphatic heterocycles. The van der Waals surface area contributed by atoms with E-state index in [0.29, 0.717) is 6.42 Å². The fourth-order valence-corrected chi connectivity index (χ4v) is 3.47. The highest BCUT2D eigenvalue weighted by Crippen LogP contribution is 2.33. The molecule has 0 amide bonds. The Kier molecular flexibility index (Phi) is 5.47. The molecule has 0 unspecified atom stereocenters. The van der Waals surface area contributed by atoms with E-state index in [2.05, 4.69) is 35.7 Å². The van der Waals surface area contributed by atoms with Crippen LogP contribution in [0.1, 0.15) is 56.2 Å². The van der Waals surface area contributed by atoms with Crippen LogP contribution in [0, 0.1) is 11.3 Å². The molecule has 0 fully saturated rings. The molecule has 1 aliphatic carbocycles. The van der Waals surface area contributed by atoms with E-state index in [-0.39, 0.29) is 0 Å². The van der Waals surface area contributed by atoms with Crippen molar-refractivity contribution in [3.63, 3.8) is 0 Å². The summed E-state index contributed by atoms with van der Waals surface area (Å²) >= 11 is 0. The molecule has 0 saturated heterocycles. The van der Waals surface area contributed by atoms with Gasteiger partial charge in [-0.15, -0.1) is 0 Å². The largest absolute Gasteiger partial charge is 0.384 e. The highest BCUT2D eigenvalue weighted by atomic mass is 14.9. The summed E-state index contributed by atoms with van der Waals surface area (Å²) in [5, 5.41) is 13.5. The van der Waals surface area contributed by atoms with Crippen LogP contribution in [-0.4, -0.2) is 11.5 Å². The second-order valence-electron chi connectivity index (χ2n) is 6.39. The molecule has 0 atom stereocenters. The molecule has 1 aliphatic rings. The number of nitrogens with one attached hydrogen (secondary N) is 1. The Morgan fingerprint density at radius 3 is 2.78 bits per heavy atom. The van der Waals surface area contributed by atoms with Crippen LogP contribution in [0.5, 0.6) is 0 Å². The third kappa shape index (κ3) is 3.82. The molecule has 3 nitrogen and oxygen atoms in total. The molecule has 0 saturated carbocycles. The molecular formula is C20H25N3. The smallest absolute Gasteiger partial charge is 0.0726 e. The SMILES string of the molecule is N#CCCCCCCNc1c2c(nc3ccccc13)CCCC2. The summed E-state index contributed by atoms with van der Waals surface area (Å²) in [5.74, 6) is 0. The van der Waals surface area contributed by atoms with Gasteiger partial charge in [0.15, 0.2) is 0 Å². The number of rotatable bonds is 7. The minimum Gasteiger partial charge on any atom is -0.384 e. The lowest BCUT2D eigenvalue weighted by Gasteiger charge is -2.21. The van der Waals surface area contributed by atoms with Crippen molar-refractivity contribution >= 4 is 16.6 Å². The second kappa shape index (κ2) is 7.97. The number of unbranched alkanes of at least 4 members (excludes halogenated alkanes) is 4. The van der Waals surface area contributed by atoms with Gasteiger partial charge in [-0.25, -0.2) is 0 Å². The van der Waals surface area contributed by atoms with Crippen LogP contribution in [0.2, 0.25) is 0 Å². The first-order valence-corrected chi connectivity index (χ1v) is 8.91. The van der Waals surface area contributed by atoms with Crippen molar-refractivity contribution in [2.75, 3.05) is 11.9 Å². The quantitative estimate of drug-likeness (QED) is 0.732. The molecule has 23 heavy (non-hydrogen) atoms. The summed E-state index contributed by atoms with van der Waals surface area (Å²) in [6.45, 7) is 1.01. The normalized spacial score (nSPS) is 13.5. The lowest BCUT2D eigenvalue weighted by Crippen LogP contribution is -2.12. The van der Waals surface area contributed by atoms with E-state index in [1.165, 1.54) is 41.6 Å². The van der Waals surface area contributed by atoms with Gasteiger partial charge in [0, 0.05) is 29.7 Å².